The third-order valence-corrected chi connectivity index (χ3v) is 10.9. The number of alkyl halides is 3. The molecule has 280 valence electrons. The minimum absolute atomic E-state index is 0.126. The molecule has 54 heavy (non-hydrogen) atoms. The molecule has 3 heterocycles. The molecule has 0 atom stereocenters. The van der Waals surface area contributed by atoms with Crippen molar-refractivity contribution in [2.75, 3.05) is 0 Å². The Morgan fingerprint density at radius 1 is 0.593 bits per heavy atom. The van der Waals surface area contributed by atoms with E-state index in [0.29, 0.717) is 28.1 Å². The summed E-state index contributed by atoms with van der Waals surface area (Å²) >= 11 is 0. The molecule has 0 aliphatic rings. The standard InChI is InChI=1S/C44H51B2F3N4O/c1-39(2,3)31-20-24(36-51-37(40(4,5)6)53-38(52-36)41(7,8)9)16-18-26(31)30-22-33(50-23-32(30)43(45,46)42(10,11)12)29-15-13-14-28-27-19-17-25(44(47,48)49)21-34(27)54-35(28)29/h13-23H,45-46H2,1-12H3. The molecule has 0 bridgehead atoms. The molecule has 0 radical (unpaired) electrons. The van der Waals surface area contributed by atoms with Gasteiger partial charge in [-0.1, -0.05) is 113 Å². The maximum atomic E-state index is 13.6. The van der Waals surface area contributed by atoms with E-state index in [0.717, 1.165) is 57.0 Å². The molecule has 10 heteroatoms. The Balaban J connectivity index is 1.62. The number of aromatic nitrogens is 4. The van der Waals surface area contributed by atoms with Crippen molar-refractivity contribution in [1.82, 2.24) is 19.9 Å². The molecule has 0 spiro atoms. The lowest BCUT2D eigenvalue weighted by molar-refractivity contribution is -0.137. The predicted molar refractivity (Wildman–Crippen MR) is 221 cm³/mol. The summed E-state index contributed by atoms with van der Waals surface area (Å²) in [6, 6.07) is 18.0. The highest BCUT2D eigenvalue weighted by Crippen LogP contribution is 2.46. The quantitative estimate of drug-likeness (QED) is 0.169. The van der Waals surface area contributed by atoms with E-state index < -0.39 is 11.7 Å². The molecule has 6 rings (SSSR count). The van der Waals surface area contributed by atoms with Crippen molar-refractivity contribution in [3.8, 4) is 33.8 Å². The molecule has 0 fully saturated rings. The first-order valence-corrected chi connectivity index (χ1v) is 18.6. The van der Waals surface area contributed by atoms with Gasteiger partial charge in [-0.25, -0.2) is 15.0 Å². The monoisotopic (exact) mass is 730 g/mol. The van der Waals surface area contributed by atoms with E-state index in [9.17, 15) is 13.2 Å². The molecule has 0 aliphatic heterocycles. The Labute approximate surface area is 319 Å². The minimum atomic E-state index is -4.48. The molecule has 0 unspecified atom stereocenters. The van der Waals surface area contributed by atoms with Crippen molar-refractivity contribution in [2.24, 2.45) is 5.41 Å². The number of fused-ring (bicyclic) bond motifs is 3. The summed E-state index contributed by atoms with van der Waals surface area (Å²) in [4.78, 5) is 20.0. The molecule has 3 aromatic carbocycles. The summed E-state index contributed by atoms with van der Waals surface area (Å²) in [5.41, 5.74) is 5.61. The zero-order valence-corrected chi connectivity index (χ0v) is 34.2. The van der Waals surface area contributed by atoms with E-state index in [1.807, 2.05) is 24.4 Å². The van der Waals surface area contributed by atoms with Crippen molar-refractivity contribution >= 4 is 37.6 Å². The summed E-state index contributed by atoms with van der Waals surface area (Å²) in [7, 11) is 4.51. The van der Waals surface area contributed by atoms with E-state index in [1.54, 1.807) is 0 Å². The molecule has 0 N–H and O–H groups in total. The molecule has 0 amide bonds. The third-order valence-electron chi connectivity index (χ3n) is 10.9. The number of benzene rings is 3. The zero-order chi connectivity index (χ0) is 40.0. The fraction of sp³-hybridized carbons (Fsp3) is 0.409. The van der Waals surface area contributed by atoms with Crippen LogP contribution in [0.2, 0.25) is 0 Å². The van der Waals surface area contributed by atoms with Crippen molar-refractivity contribution in [1.29, 1.82) is 0 Å². The largest absolute Gasteiger partial charge is 0.455 e. The average Bonchev–Trinajstić information content (AvgIpc) is 3.44. The number of halogens is 3. The van der Waals surface area contributed by atoms with Crippen LogP contribution in [-0.2, 0) is 27.6 Å². The van der Waals surface area contributed by atoms with Crippen LogP contribution in [0, 0.1) is 5.41 Å². The lowest BCUT2D eigenvalue weighted by Gasteiger charge is -2.41. The number of rotatable bonds is 4. The maximum absolute atomic E-state index is 13.6. The van der Waals surface area contributed by atoms with Gasteiger partial charge < -0.3 is 4.42 Å². The SMILES string of the molecule is BC(B)(c1cnc(-c2cccc3c2oc2cc(C(F)(F)F)ccc23)cc1-c1ccc(-c2nc(C(C)(C)C)nc(C(C)(C)C)n2)cc1C(C)(C)C)C(C)(C)C. The summed E-state index contributed by atoms with van der Waals surface area (Å²) in [6.07, 6.45) is -2.51. The summed E-state index contributed by atoms with van der Waals surface area (Å²) in [5.74, 6) is 2.15. The smallest absolute Gasteiger partial charge is 0.416 e. The van der Waals surface area contributed by atoms with Gasteiger partial charge in [0, 0.05) is 38.9 Å². The van der Waals surface area contributed by atoms with Crippen LogP contribution < -0.4 is 0 Å². The Hall–Kier alpha value is -4.46. The first-order chi connectivity index (χ1) is 24.7. The van der Waals surface area contributed by atoms with Gasteiger partial charge in [0.1, 0.15) is 38.5 Å². The van der Waals surface area contributed by atoms with Crippen molar-refractivity contribution in [3.05, 3.63) is 95.2 Å². The van der Waals surface area contributed by atoms with E-state index >= 15 is 0 Å². The van der Waals surface area contributed by atoms with Crippen LogP contribution in [0.1, 0.15) is 111 Å². The molecule has 0 saturated carbocycles. The van der Waals surface area contributed by atoms with Crippen LogP contribution in [0.4, 0.5) is 13.2 Å². The van der Waals surface area contributed by atoms with Crippen LogP contribution in [0.25, 0.3) is 55.7 Å². The van der Waals surface area contributed by atoms with E-state index in [2.05, 4.69) is 123 Å². The molecule has 3 aromatic heterocycles. The van der Waals surface area contributed by atoms with Gasteiger partial charge in [0.05, 0.1) is 11.3 Å². The van der Waals surface area contributed by atoms with Gasteiger partial charge in [-0.05, 0) is 69.5 Å². The second-order valence-electron chi connectivity index (χ2n) is 19.3. The number of para-hydroxylation sites is 1. The van der Waals surface area contributed by atoms with Crippen LogP contribution in [-0.4, -0.2) is 35.6 Å². The van der Waals surface area contributed by atoms with Gasteiger partial charge in [-0.15, -0.1) is 0 Å². The van der Waals surface area contributed by atoms with Crippen molar-refractivity contribution < 1.29 is 17.6 Å². The highest BCUT2D eigenvalue weighted by Gasteiger charge is 2.38. The Morgan fingerprint density at radius 2 is 1.22 bits per heavy atom. The topological polar surface area (TPSA) is 64.7 Å². The van der Waals surface area contributed by atoms with Gasteiger partial charge in [-0.2, -0.15) is 13.2 Å². The fourth-order valence-electron chi connectivity index (χ4n) is 6.62. The van der Waals surface area contributed by atoms with Crippen molar-refractivity contribution in [3.63, 3.8) is 0 Å². The molecule has 5 nitrogen and oxygen atoms in total. The van der Waals surface area contributed by atoms with Crippen LogP contribution >= 0.6 is 0 Å². The Morgan fingerprint density at radius 3 is 1.78 bits per heavy atom. The van der Waals surface area contributed by atoms with Gasteiger partial charge in [-0.3, -0.25) is 4.98 Å². The second kappa shape index (κ2) is 12.8. The first kappa shape index (κ1) is 39.2. The van der Waals surface area contributed by atoms with Gasteiger partial charge >= 0.3 is 6.18 Å². The molecule has 0 saturated heterocycles. The molecule has 6 aromatic rings. The molecule has 0 aliphatic carbocycles. The summed E-state index contributed by atoms with van der Waals surface area (Å²) in [5, 5.41) is 1.05. The van der Waals surface area contributed by atoms with Crippen LogP contribution in [0.15, 0.2) is 71.3 Å². The Kier molecular flexibility index (Phi) is 9.31. The number of hydrogen-bond donors (Lipinski definition) is 0. The third kappa shape index (κ3) is 7.21. The predicted octanol–water partition coefficient (Wildman–Crippen LogP) is 10.5. The normalized spacial score (nSPS) is 13.6. The van der Waals surface area contributed by atoms with E-state index in [-0.39, 0.29) is 32.5 Å². The highest BCUT2D eigenvalue weighted by atomic mass is 19.4. The van der Waals surface area contributed by atoms with E-state index in [1.165, 1.54) is 6.07 Å². The van der Waals surface area contributed by atoms with E-state index in [4.69, 9.17) is 24.4 Å². The van der Waals surface area contributed by atoms with Crippen LogP contribution in [0.3, 0.4) is 0 Å². The maximum Gasteiger partial charge on any atom is 0.416 e. The lowest BCUT2D eigenvalue weighted by Crippen LogP contribution is -2.42. The number of hydrogen-bond acceptors (Lipinski definition) is 5. The zero-order valence-electron chi connectivity index (χ0n) is 34.2. The lowest BCUT2D eigenvalue weighted by atomic mass is 9.40. The van der Waals surface area contributed by atoms with Gasteiger partial charge in [0.2, 0.25) is 0 Å². The van der Waals surface area contributed by atoms with Gasteiger partial charge in [0.15, 0.2) is 5.82 Å². The highest BCUT2D eigenvalue weighted by molar-refractivity contribution is 6.41. The van der Waals surface area contributed by atoms with Gasteiger partial charge in [0.25, 0.3) is 0 Å². The first-order valence-electron chi connectivity index (χ1n) is 18.6. The Bertz CT molecular complexity index is 2370. The number of furan rings is 1. The average molecular weight is 731 g/mol. The van der Waals surface area contributed by atoms with Crippen molar-refractivity contribution in [2.45, 2.75) is 111 Å². The van der Waals surface area contributed by atoms with Crippen LogP contribution in [0.5, 0.6) is 0 Å². The summed E-state index contributed by atoms with van der Waals surface area (Å²) < 4.78 is 47.2. The molecular weight excluding hydrogens is 679 g/mol. The minimum Gasteiger partial charge on any atom is -0.455 e. The number of nitrogens with zero attached hydrogens (tertiary/aromatic N) is 4. The number of pyridine rings is 1. The summed E-state index contributed by atoms with van der Waals surface area (Å²) in [6.45, 7) is 26.1. The fourth-order valence-corrected chi connectivity index (χ4v) is 6.62. The second-order valence-corrected chi connectivity index (χ2v) is 19.3. The molecular formula is C44H51B2F3N4O.